The van der Waals surface area contributed by atoms with Crippen molar-refractivity contribution in [3.63, 3.8) is 0 Å². The number of fused-ring (bicyclic) bond motifs is 1. The molecule has 1 fully saturated rings. The molecule has 1 amide bonds. The van der Waals surface area contributed by atoms with Crippen molar-refractivity contribution >= 4 is 22.9 Å². The number of methoxy groups -OCH3 is 1. The van der Waals surface area contributed by atoms with Gasteiger partial charge in [-0.2, -0.15) is 23.4 Å². The Morgan fingerprint density at radius 3 is 2.76 bits per heavy atom. The van der Waals surface area contributed by atoms with Gasteiger partial charge in [-0.15, -0.1) is 0 Å². The maximum absolute atomic E-state index is 12.8. The fourth-order valence-electron chi connectivity index (χ4n) is 4.59. The number of hydrogen-bond donors (Lipinski definition) is 0. The van der Waals surface area contributed by atoms with Crippen LogP contribution in [-0.2, 0) is 27.9 Å². The summed E-state index contributed by atoms with van der Waals surface area (Å²) < 4.78 is 59.1. The van der Waals surface area contributed by atoms with Crippen LogP contribution in [0.25, 0.3) is 28.2 Å². The molecule has 0 radical (unpaired) electrons. The lowest BCUT2D eigenvalue weighted by Gasteiger charge is -2.23. The Morgan fingerprint density at radius 1 is 1.37 bits per heavy atom. The molecule has 13 heteroatoms. The third kappa shape index (κ3) is 5.53. The Hall–Kier alpha value is -3.45. The smallest absolute Gasteiger partial charge is 0.471 e. The Morgan fingerprint density at radius 2 is 2.13 bits per heavy atom. The number of carbonyl (C=O) groups is 1. The molecule has 206 valence electrons. The van der Waals surface area contributed by atoms with Crippen LogP contribution in [0.1, 0.15) is 43.8 Å². The Kier molecular flexibility index (Phi) is 8.07. The van der Waals surface area contributed by atoms with Gasteiger partial charge in [0.1, 0.15) is 11.8 Å². The summed E-state index contributed by atoms with van der Waals surface area (Å²) in [6.45, 7) is 6.00. The number of likely N-dealkylation sites (N-methyl/N-ethyl adjacent to an activating group) is 1. The molecule has 0 N–H and O–H groups in total. The Bertz CT molecular complexity index is 1310. The molecular weight excluding hydrogens is 505 g/mol. The number of hydrogen-bond acceptors (Lipinski definition) is 7. The van der Waals surface area contributed by atoms with Gasteiger partial charge >= 0.3 is 12.1 Å². The quantitative estimate of drug-likeness (QED) is 0.406. The third-order valence-electron chi connectivity index (χ3n) is 6.28. The van der Waals surface area contributed by atoms with Crippen molar-refractivity contribution in [2.24, 2.45) is 7.05 Å². The van der Waals surface area contributed by atoms with Crippen LogP contribution in [0, 0.1) is 0 Å². The molecule has 1 saturated heterocycles. The average molecular weight is 537 g/mol. The van der Waals surface area contributed by atoms with Crippen LogP contribution >= 0.6 is 0 Å². The van der Waals surface area contributed by atoms with Gasteiger partial charge in [0.15, 0.2) is 6.23 Å². The van der Waals surface area contributed by atoms with Crippen LogP contribution in [0.15, 0.2) is 18.8 Å². The fourth-order valence-corrected chi connectivity index (χ4v) is 4.59. The normalized spacial score (nSPS) is 17.0. The van der Waals surface area contributed by atoms with Crippen molar-refractivity contribution in [2.45, 2.75) is 51.3 Å². The molecule has 2 atom stereocenters. The number of aryl methyl sites for hydroxylation is 1. The van der Waals surface area contributed by atoms with Crippen molar-refractivity contribution in [3.05, 3.63) is 30.2 Å². The lowest BCUT2D eigenvalue weighted by Crippen LogP contribution is -2.43. The van der Waals surface area contributed by atoms with Crippen LogP contribution in [-0.4, -0.2) is 74.9 Å². The van der Waals surface area contributed by atoms with Crippen molar-refractivity contribution in [3.8, 4) is 17.1 Å². The number of halogens is 3. The van der Waals surface area contributed by atoms with Gasteiger partial charge in [-0.25, -0.2) is 9.36 Å². The first-order chi connectivity index (χ1) is 18.0. The van der Waals surface area contributed by atoms with Gasteiger partial charge in [-0.05, 0) is 38.3 Å². The first-order valence-electron chi connectivity index (χ1n) is 12.2. The van der Waals surface area contributed by atoms with Gasteiger partial charge in [-0.1, -0.05) is 6.58 Å². The van der Waals surface area contributed by atoms with Crippen LogP contribution < -0.4 is 4.74 Å². The highest BCUT2D eigenvalue weighted by Gasteiger charge is 2.41. The summed E-state index contributed by atoms with van der Waals surface area (Å²) in [7, 11) is 4.26. The van der Waals surface area contributed by atoms with Crippen molar-refractivity contribution in [2.75, 3.05) is 27.3 Å². The van der Waals surface area contributed by atoms with E-state index in [9.17, 15) is 18.0 Å². The van der Waals surface area contributed by atoms with E-state index in [0.717, 1.165) is 37.2 Å². The van der Waals surface area contributed by atoms with Crippen molar-refractivity contribution in [1.29, 1.82) is 0 Å². The molecule has 0 bridgehead atoms. The van der Waals surface area contributed by atoms with E-state index in [4.69, 9.17) is 19.3 Å². The van der Waals surface area contributed by atoms with E-state index in [1.807, 2.05) is 10.7 Å². The molecule has 38 heavy (non-hydrogen) atoms. The molecule has 3 aromatic rings. The van der Waals surface area contributed by atoms with Crippen LogP contribution in [0.4, 0.5) is 13.2 Å². The van der Waals surface area contributed by atoms with Gasteiger partial charge < -0.3 is 19.1 Å². The van der Waals surface area contributed by atoms with Crippen LogP contribution in [0.3, 0.4) is 0 Å². The van der Waals surface area contributed by atoms with Gasteiger partial charge in [0.25, 0.3) is 0 Å². The summed E-state index contributed by atoms with van der Waals surface area (Å²) in [5, 5.41) is 9.99. The first-order valence-corrected chi connectivity index (χ1v) is 12.2. The minimum absolute atomic E-state index is 0.149. The molecular formula is C25H31F3N6O4. The number of aromatic nitrogens is 5. The summed E-state index contributed by atoms with van der Waals surface area (Å²) in [4.78, 5) is 16.8. The zero-order valence-corrected chi connectivity index (χ0v) is 21.8. The van der Waals surface area contributed by atoms with Gasteiger partial charge in [0, 0.05) is 33.2 Å². The van der Waals surface area contributed by atoms with Crippen molar-refractivity contribution < 1.29 is 32.2 Å². The molecule has 10 nitrogen and oxygen atoms in total. The highest BCUT2D eigenvalue weighted by atomic mass is 19.4. The summed E-state index contributed by atoms with van der Waals surface area (Å²) in [5.41, 5.74) is 3.04. The molecule has 4 heterocycles. The maximum atomic E-state index is 12.8. The predicted octanol–water partition coefficient (Wildman–Crippen LogP) is 4.11. The molecule has 1 aliphatic rings. The molecule has 3 aromatic heterocycles. The second-order valence-corrected chi connectivity index (χ2v) is 9.24. The number of pyridine rings is 1. The summed E-state index contributed by atoms with van der Waals surface area (Å²) in [6, 6.07) is 1.85. The molecule has 0 aliphatic carbocycles. The number of carbonyl (C=O) groups excluding carboxylic acids is 1. The zero-order chi connectivity index (χ0) is 27.6. The maximum Gasteiger partial charge on any atom is 0.471 e. The van der Waals surface area contributed by atoms with E-state index in [2.05, 4.69) is 16.7 Å². The second-order valence-electron chi connectivity index (χ2n) is 9.24. The van der Waals surface area contributed by atoms with E-state index in [-0.39, 0.29) is 25.3 Å². The lowest BCUT2D eigenvalue weighted by atomic mass is 10.1. The molecule has 0 spiro atoms. The minimum atomic E-state index is -4.97. The largest absolute Gasteiger partial charge is 0.472 e. The van der Waals surface area contributed by atoms with Crippen molar-refractivity contribution in [1.82, 2.24) is 29.4 Å². The molecule has 1 unspecified atom stereocenters. The average Bonchev–Trinajstić information content (AvgIpc) is 3.40. The molecule has 4 rings (SSSR count). The SMILES string of the molecule is C=Cc1nn(C2CCCCO2)c2cnc(-c3c(COC)nn(C)c3O[C@@H](C)CN(C)C(=O)C(F)(F)F)cc12. The fraction of sp³-hybridized carbons (Fsp3) is 0.520. The van der Waals surface area contributed by atoms with E-state index in [1.54, 1.807) is 26.2 Å². The number of rotatable bonds is 9. The topological polar surface area (TPSA) is 96.5 Å². The van der Waals surface area contributed by atoms with E-state index in [1.165, 1.54) is 11.8 Å². The monoisotopic (exact) mass is 536 g/mol. The lowest BCUT2D eigenvalue weighted by molar-refractivity contribution is -0.184. The van der Waals surface area contributed by atoms with E-state index >= 15 is 0 Å². The third-order valence-corrected chi connectivity index (χ3v) is 6.28. The summed E-state index contributed by atoms with van der Waals surface area (Å²) >= 11 is 0. The highest BCUT2D eigenvalue weighted by Crippen LogP contribution is 2.36. The first kappa shape index (κ1) is 27.6. The Balaban J connectivity index is 1.71. The minimum Gasteiger partial charge on any atom is -0.472 e. The standard InChI is InChI=1S/C25H31F3N6O4/c1-6-17-16-11-18(29-12-20(16)34(31-17)21-9-7-8-10-37-21)22-19(14-36-5)30-33(4)23(22)38-15(2)13-32(3)24(35)25(26,27)28/h6,11-12,15,21H,1,7-10,13-14H2,2-5H3/t15-,21?/m0/s1. The van der Waals surface area contributed by atoms with Gasteiger partial charge in [0.2, 0.25) is 5.88 Å². The molecule has 0 aromatic carbocycles. The number of ether oxygens (including phenoxy) is 3. The Labute approximate surface area is 218 Å². The summed E-state index contributed by atoms with van der Waals surface area (Å²) in [5.74, 6) is -1.66. The van der Waals surface area contributed by atoms with E-state index in [0.29, 0.717) is 34.2 Å². The summed E-state index contributed by atoms with van der Waals surface area (Å²) in [6.07, 6.45) is 0.328. The predicted molar refractivity (Wildman–Crippen MR) is 133 cm³/mol. The molecule has 0 saturated carbocycles. The molecule has 1 aliphatic heterocycles. The van der Waals surface area contributed by atoms with Crippen LogP contribution in [0.2, 0.25) is 0 Å². The van der Waals surface area contributed by atoms with Gasteiger partial charge in [-0.3, -0.25) is 9.78 Å². The van der Waals surface area contributed by atoms with Gasteiger partial charge in [0.05, 0.1) is 41.8 Å². The zero-order valence-electron chi connectivity index (χ0n) is 21.8. The number of amides is 1. The number of nitrogens with zero attached hydrogens (tertiary/aromatic N) is 6. The number of alkyl halides is 3. The second kappa shape index (κ2) is 11.1. The highest BCUT2D eigenvalue weighted by molar-refractivity contribution is 5.90. The van der Waals surface area contributed by atoms with E-state index < -0.39 is 18.2 Å². The van der Waals surface area contributed by atoms with Crippen LogP contribution in [0.5, 0.6) is 5.88 Å².